The van der Waals surface area contributed by atoms with E-state index in [9.17, 15) is 14.4 Å². The number of carbonyl (C=O) groups excluding carboxylic acids is 2. The van der Waals surface area contributed by atoms with Gasteiger partial charge in [0.25, 0.3) is 0 Å². The van der Waals surface area contributed by atoms with Crippen molar-refractivity contribution < 1.29 is 19.5 Å². The number of carbonyl (C=O) groups is 3. The predicted molar refractivity (Wildman–Crippen MR) is 98.2 cm³/mol. The number of nitrogens with zero attached hydrogens (tertiary/aromatic N) is 3. The normalized spacial score (nSPS) is 20.8. The molecule has 2 amide bonds. The number of carboxylic acids is 1. The molecule has 1 atom stereocenters. The zero-order valence-corrected chi connectivity index (χ0v) is 15.2. The fourth-order valence-electron chi connectivity index (χ4n) is 3.52. The fraction of sp³-hybridized carbons (Fsp3) is 0.526. The minimum atomic E-state index is -0.925. The van der Waals surface area contributed by atoms with Gasteiger partial charge in [-0.15, -0.1) is 0 Å². The van der Waals surface area contributed by atoms with Crippen LogP contribution in [0.15, 0.2) is 24.3 Å². The number of hydrogen-bond acceptors (Lipinski definition) is 4. The van der Waals surface area contributed by atoms with Crippen molar-refractivity contribution in [1.29, 1.82) is 0 Å². The van der Waals surface area contributed by atoms with E-state index in [1.54, 1.807) is 4.90 Å². The van der Waals surface area contributed by atoms with Crippen molar-refractivity contribution in [3.8, 4) is 0 Å². The second-order valence-corrected chi connectivity index (χ2v) is 7.23. The Labute approximate surface area is 153 Å². The molecule has 0 aliphatic carbocycles. The molecule has 7 heteroatoms. The van der Waals surface area contributed by atoms with E-state index in [1.165, 1.54) is 0 Å². The number of piperazine rings is 1. The second-order valence-electron chi connectivity index (χ2n) is 7.23. The molecule has 2 saturated heterocycles. The van der Waals surface area contributed by atoms with Gasteiger partial charge >= 0.3 is 5.97 Å². The van der Waals surface area contributed by atoms with E-state index in [4.69, 9.17) is 5.11 Å². The summed E-state index contributed by atoms with van der Waals surface area (Å²) in [6.07, 6.45) is 0.0585. The van der Waals surface area contributed by atoms with Crippen molar-refractivity contribution in [3.63, 3.8) is 0 Å². The van der Waals surface area contributed by atoms with Crippen LogP contribution in [0.5, 0.6) is 0 Å². The second kappa shape index (κ2) is 7.35. The summed E-state index contributed by atoms with van der Waals surface area (Å²) < 4.78 is 0. The van der Waals surface area contributed by atoms with E-state index in [-0.39, 0.29) is 30.7 Å². The number of amides is 2. The summed E-state index contributed by atoms with van der Waals surface area (Å²) in [5, 5.41) is 9.09. The molecule has 0 radical (unpaired) electrons. The lowest BCUT2D eigenvalue weighted by Crippen LogP contribution is -2.49. The first-order valence-corrected chi connectivity index (χ1v) is 9.04. The Kier molecular flexibility index (Phi) is 5.15. The molecule has 3 rings (SSSR count). The van der Waals surface area contributed by atoms with E-state index in [2.05, 4.69) is 4.90 Å². The van der Waals surface area contributed by atoms with Crippen LogP contribution in [0.2, 0.25) is 0 Å². The minimum absolute atomic E-state index is 0.0217. The van der Waals surface area contributed by atoms with Crippen LogP contribution < -0.4 is 9.80 Å². The maximum absolute atomic E-state index is 12.1. The van der Waals surface area contributed by atoms with E-state index in [1.807, 2.05) is 43.0 Å². The molecular weight excluding hydrogens is 334 g/mol. The summed E-state index contributed by atoms with van der Waals surface area (Å²) >= 11 is 0. The van der Waals surface area contributed by atoms with Gasteiger partial charge in [0.1, 0.15) is 0 Å². The maximum atomic E-state index is 12.1. The molecule has 2 aliphatic rings. The third-order valence-electron chi connectivity index (χ3n) is 5.09. The van der Waals surface area contributed by atoms with Gasteiger partial charge in [-0.1, -0.05) is 13.8 Å². The molecule has 7 nitrogen and oxygen atoms in total. The zero-order valence-electron chi connectivity index (χ0n) is 15.2. The lowest BCUT2D eigenvalue weighted by atomic mass is 10.1. The minimum Gasteiger partial charge on any atom is -0.481 e. The number of anilines is 2. The van der Waals surface area contributed by atoms with Gasteiger partial charge in [-0.25, -0.2) is 0 Å². The molecule has 140 valence electrons. The first-order valence-electron chi connectivity index (χ1n) is 9.04. The average Bonchev–Trinajstić information content (AvgIpc) is 3.03. The third-order valence-corrected chi connectivity index (χ3v) is 5.09. The molecule has 2 aliphatic heterocycles. The molecule has 1 aromatic carbocycles. The van der Waals surface area contributed by atoms with Crippen molar-refractivity contribution in [2.24, 2.45) is 11.8 Å². The lowest BCUT2D eigenvalue weighted by molar-refractivity contribution is -0.141. The van der Waals surface area contributed by atoms with Crippen LogP contribution in [0.25, 0.3) is 0 Å². The smallest absolute Gasteiger partial charge is 0.308 e. The molecule has 0 spiro atoms. The van der Waals surface area contributed by atoms with Gasteiger partial charge in [-0.2, -0.15) is 0 Å². The quantitative estimate of drug-likeness (QED) is 0.880. The molecule has 2 heterocycles. The summed E-state index contributed by atoms with van der Waals surface area (Å²) in [4.78, 5) is 40.9. The topological polar surface area (TPSA) is 81.2 Å². The highest BCUT2D eigenvalue weighted by molar-refractivity contribution is 5.99. The number of aliphatic carboxylic acids is 1. The van der Waals surface area contributed by atoms with Crippen molar-refractivity contribution in [2.45, 2.75) is 20.3 Å². The van der Waals surface area contributed by atoms with Crippen LogP contribution in [0, 0.1) is 11.8 Å². The highest BCUT2D eigenvalue weighted by Gasteiger charge is 2.35. The molecule has 0 saturated carbocycles. The van der Waals surface area contributed by atoms with Crippen molar-refractivity contribution in [3.05, 3.63) is 24.3 Å². The first-order chi connectivity index (χ1) is 12.4. The zero-order chi connectivity index (χ0) is 18.8. The van der Waals surface area contributed by atoms with Gasteiger partial charge in [-0.05, 0) is 24.3 Å². The van der Waals surface area contributed by atoms with Gasteiger partial charge in [0, 0.05) is 56.4 Å². The van der Waals surface area contributed by atoms with E-state index >= 15 is 0 Å². The standard InChI is InChI=1S/C19H25N3O4/c1-13(2)18(24)21-9-7-20(8-10-21)15-3-5-16(6-4-15)22-12-14(19(25)26)11-17(22)23/h3-6,13-14H,7-12H2,1-2H3,(H,25,26)/t14-/m1/s1. The first kappa shape index (κ1) is 18.2. The number of hydrogen-bond donors (Lipinski definition) is 1. The molecule has 2 fully saturated rings. The maximum Gasteiger partial charge on any atom is 0.308 e. The van der Waals surface area contributed by atoms with E-state index in [0.29, 0.717) is 13.1 Å². The van der Waals surface area contributed by atoms with Crippen LogP contribution in [0.3, 0.4) is 0 Å². The van der Waals surface area contributed by atoms with Crippen LogP contribution in [0.1, 0.15) is 20.3 Å². The Bertz CT molecular complexity index is 693. The Balaban J connectivity index is 1.61. The Morgan fingerprint density at radius 3 is 2.12 bits per heavy atom. The molecule has 0 bridgehead atoms. The fourth-order valence-corrected chi connectivity index (χ4v) is 3.52. The highest BCUT2D eigenvalue weighted by Crippen LogP contribution is 2.27. The van der Waals surface area contributed by atoms with E-state index < -0.39 is 11.9 Å². The summed E-state index contributed by atoms with van der Waals surface area (Å²) in [6.45, 7) is 7.05. The number of benzene rings is 1. The SMILES string of the molecule is CC(C)C(=O)N1CCN(c2ccc(N3C[C@H](C(=O)O)CC3=O)cc2)CC1. The molecule has 0 unspecified atom stereocenters. The molecule has 1 aromatic rings. The molecular formula is C19H25N3O4. The summed E-state index contributed by atoms with van der Waals surface area (Å²) in [5.41, 5.74) is 1.78. The molecule has 1 N–H and O–H groups in total. The van der Waals surface area contributed by atoms with Gasteiger partial charge in [0.2, 0.25) is 11.8 Å². The van der Waals surface area contributed by atoms with Crippen LogP contribution >= 0.6 is 0 Å². The average molecular weight is 359 g/mol. The molecule has 26 heavy (non-hydrogen) atoms. The lowest BCUT2D eigenvalue weighted by Gasteiger charge is -2.37. The summed E-state index contributed by atoms with van der Waals surface area (Å²) in [7, 11) is 0. The third kappa shape index (κ3) is 3.66. The Hall–Kier alpha value is -2.57. The van der Waals surface area contributed by atoms with E-state index in [0.717, 1.165) is 24.5 Å². The van der Waals surface area contributed by atoms with Crippen molar-refractivity contribution in [2.75, 3.05) is 42.5 Å². The number of carboxylic acid groups (broad SMARTS) is 1. The largest absolute Gasteiger partial charge is 0.481 e. The number of rotatable bonds is 4. The predicted octanol–water partition coefficient (Wildman–Crippen LogP) is 1.43. The van der Waals surface area contributed by atoms with Crippen LogP contribution in [-0.2, 0) is 14.4 Å². The van der Waals surface area contributed by atoms with Crippen molar-refractivity contribution >= 4 is 29.2 Å². The van der Waals surface area contributed by atoms with Gasteiger partial charge < -0.3 is 19.8 Å². The van der Waals surface area contributed by atoms with Gasteiger partial charge in [0.15, 0.2) is 0 Å². The van der Waals surface area contributed by atoms with Crippen molar-refractivity contribution in [1.82, 2.24) is 4.90 Å². The van der Waals surface area contributed by atoms with Gasteiger partial charge in [-0.3, -0.25) is 14.4 Å². The Morgan fingerprint density at radius 1 is 1.04 bits per heavy atom. The highest BCUT2D eigenvalue weighted by atomic mass is 16.4. The summed E-state index contributed by atoms with van der Waals surface area (Å²) in [6, 6.07) is 7.64. The summed E-state index contributed by atoms with van der Waals surface area (Å²) in [5.74, 6) is -1.49. The molecule has 0 aromatic heterocycles. The Morgan fingerprint density at radius 2 is 1.62 bits per heavy atom. The monoisotopic (exact) mass is 359 g/mol. The van der Waals surface area contributed by atoms with Gasteiger partial charge in [0.05, 0.1) is 5.92 Å². The van der Waals surface area contributed by atoms with Crippen LogP contribution in [-0.4, -0.2) is 60.5 Å². The van der Waals surface area contributed by atoms with Crippen LogP contribution in [0.4, 0.5) is 11.4 Å².